The molecule has 1 fully saturated rings. The van der Waals surface area contributed by atoms with Crippen LogP contribution in [0.15, 0.2) is 10.2 Å². The lowest BCUT2D eigenvalue weighted by Gasteiger charge is -2.36. The topological polar surface area (TPSA) is 53.2 Å². The average Bonchev–Trinajstić information content (AvgIpc) is 2.65. The van der Waals surface area contributed by atoms with E-state index in [1.165, 1.54) is 11.3 Å². The smallest absolute Gasteiger partial charge is 0.304 e. The lowest BCUT2D eigenvalue weighted by molar-refractivity contribution is -0.128. The molecule has 0 bridgehead atoms. The van der Waals surface area contributed by atoms with E-state index in [-0.39, 0.29) is 16.8 Å². The highest BCUT2D eigenvalue weighted by Gasteiger charge is 2.30. The minimum absolute atomic E-state index is 0.0104. The highest BCUT2D eigenvalue weighted by atomic mass is 32.1. The Labute approximate surface area is 98.3 Å². The Morgan fingerprint density at radius 3 is 2.88 bits per heavy atom. The predicted octanol–water partition coefficient (Wildman–Crippen LogP) is 1.24. The molecule has 1 saturated heterocycles. The Balaban J connectivity index is 2.05. The Kier molecular flexibility index (Phi) is 3.25. The third-order valence-corrected chi connectivity index (χ3v) is 4.12. The van der Waals surface area contributed by atoms with Crippen molar-refractivity contribution in [3.63, 3.8) is 0 Å². The number of aromatic amines is 1. The second kappa shape index (κ2) is 4.51. The van der Waals surface area contributed by atoms with Gasteiger partial charge in [-0.2, -0.15) is 0 Å². The van der Waals surface area contributed by atoms with Gasteiger partial charge in [0.1, 0.15) is 5.78 Å². The molecule has 2 atom stereocenters. The van der Waals surface area contributed by atoms with E-state index in [0.717, 1.165) is 18.8 Å². The molecule has 1 aromatic heterocycles. The number of rotatable bonds is 2. The average molecular weight is 240 g/mol. The van der Waals surface area contributed by atoms with Crippen LogP contribution in [0.4, 0.5) is 0 Å². The summed E-state index contributed by atoms with van der Waals surface area (Å²) in [6.45, 7) is 5.58. The summed E-state index contributed by atoms with van der Waals surface area (Å²) in [6, 6.07) is 0.254. The van der Waals surface area contributed by atoms with Crippen molar-refractivity contribution < 1.29 is 4.79 Å². The Bertz CT molecular complexity index is 437. The number of ketones is 1. The van der Waals surface area contributed by atoms with Crippen LogP contribution in [0, 0.1) is 5.92 Å². The number of aromatic nitrogens is 1. The fraction of sp³-hybridized carbons (Fsp3) is 0.636. The van der Waals surface area contributed by atoms with E-state index in [4.69, 9.17) is 0 Å². The van der Waals surface area contributed by atoms with Crippen LogP contribution in [-0.2, 0) is 11.3 Å². The molecule has 0 spiro atoms. The zero-order valence-corrected chi connectivity index (χ0v) is 10.3. The summed E-state index contributed by atoms with van der Waals surface area (Å²) in [6.07, 6.45) is 0.625. The number of hydrogen-bond acceptors (Lipinski definition) is 4. The monoisotopic (exact) mass is 240 g/mol. The molecule has 1 aliphatic rings. The van der Waals surface area contributed by atoms with Crippen LogP contribution in [0.2, 0.25) is 0 Å². The first-order valence-electron chi connectivity index (χ1n) is 5.51. The normalized spacial score (nSPS) is 27.2. The first-order valence-corrected chi connectivity index (χ1v) is 6.39. The summed E-state index contributed by atoms with van der Waals surface area (Å²) in [7, 11) is 0. The summed E-state index contributed by atoms with van der Waals surface area (Å²) >= 11 is 1.19. The summed E-state index contributed by atoms with van der Waals surface area (Å²) in [5.74, 6) is 0.446. The maximum absolute atomic E-state index is 11.5. The first-order chi connectivity index (χ1) is 7.58. The van der Waals surface area contributed by atoms with Gasteiger partial charge < -0.3 is 4.98 Å². The predicted molar refractivity (Wildman–Crippen MR) is 63.6 cm³/mol. The number of likely N-dealkylation sites (tertiary alicyclic amines) is 1. The van der Waals surface area contributed by atoms with E-state index in [2.05, 4.69) is 16.8 Å². The van der Waals surface area contributed by atoms with Gasteiger partial charge in [-0.3, -0.25) is 14.5 Å². The third-order valence-electron chi connectivity index (χ3n) is 3.40. The molecule has 4 nitrogen and oxygen atoms in total. The Morgan fingerprint density at radius 2 is 2.25 bits per heavy atom. The number of nitrogens with zero attached hydrogens (tertiary/aromatic N) is 1. The molecule has 2 rings (SSSR count). The van der Waals surface area contributed by atoms with Crippen molar-refractivity contribution in [2.75, 3.05) is 6.54 Å². The van der Waals surface area contributed by atoms with E-state index in [9.17, 15) is 9.59 Å². The van der Waals surface area contributed by atoms with Gasteiger partial charge in [0.15, 0.2) is 0 Å². The van der Waals surface area contributed by atoms with Gasteiger partial charge in [0, 0.05) is 42.5 Å². The molecule has 1 aliphatic heterocycles. The molecule has 1 aromatic rings. The molecule has 16 heavy (non-hydrogen) atoms. The summed E-state index contributed by atoms with van der Waals surface area (Å²) in [4.78, 5) is 27.6. The number of carbonyl (C=O) groups excluding carboxylic acids is 1. The third kappa shape index (κ3) is 2.25. The van der Waals surface area contributed by atoms with Gasteiger partial charge in [-0.25, -0.2) is 0 Å². The van der Waals surface area contributed by atoms with Crippen LogP contribution in [0.25, 0.3) is 0 Å². The van der Waals surface area contributed by atoms with Crippen LogP contribution in [0.5, 0.6) is 0 Å². The minimum Gasteiger partial charge on any atom is -0.315 e. The molecule has 0 radical (unpaired) electrons. The summed E-state index contributed by atoms with van der Waals surface area (Å²) in [5.41, 5.74) is 0.948. The van der Waals surface area contributed by atoms with E-state index in [1.807, 2.05) is 12.3 Å². The molecule has 0 saturated carbocycles. The molecule has 0 amide bonds. The largest absolute Gasteiger partial charge is 0.315 e. The second-order valence-corrected chi connectivity index (χ2v) is 5.23. The van der Waals surface area contributed by atoms with Gasteiger partial charge in [0.2, 0.25) is 0 Å². The molecule has 2 heterocycles. The van der Waals surface area contributed by atoms with Crippen LogP contribution in [0.3, 0.4) is 0 Å². The number of hydrogen-bond donors (Lipinski definition) is 1. The van der Waals surface area contributed by atoms with Gasteiger partial charge in [-0.05, 0) is 6.92 Å². The van der Waals surface area contributed by atoms with Crippen molar-refractivity contribution in [3.8, 4) is 0 Å². The summed E-state index contributed by atoms with van der Waals surface area (Å²) in [5, 5.41) is 1.86. The maximum atomic E-state index is 11.5. The number of nitrogens with one attached hydrogen (secondary N) is 1. The number of H-pyrrole nitrogens is 1. The van der Waals surface area contributed by atoms with Gasteiger partial charge >= 0.3 is 4.87 Å². The zero-order chi connectivity index (χ0) is 11.7. The molecule has 2 unspecified atom stereocenters. The maximum Gasteiger partial charge on any atom is 0.304 e. The van der Waals surface area contributed by atoms with Crippen molar-refractivity contribution in [3.05, 3.63) is 20.7 Å². The highest BCUT2D eigenvalue weighted by Crippen LogP contribution is 2.21. The lowest BCUT2D eigenvalue weighted by Crippen LogP contribution is -2.46. The standard InChI is InChI=1S/C11H16N2O2S/c1-7-8(2)13(4-3-10(7)14)5-9-6-16-11(15)12-9/h6-8H,3-5H2,1-2H3,(H,12,15). The molecular formula is C11H16N2O2S. The second-order valence-electron chi connectivity index (χ2n) is 4.39. The highest BCUT2D eigenvalue weighted by molar-refractivity contribution is 7.07. The minimum atomic E-state index is -0.0104. The van der Waals surface area contributed by atoms with Crippen molar-refractivity contribution in [2.24, 2.45) is 5.92 Å². The van der Waals surface area contributed by atoms with Crippen LogP contribution in [0.1, 0.15) is 26.0 Å². The van der Waals surface area contributed by atoms with Crippen molar-refractivity contribution in [1.29, 1.82) is 0 Å². The van der Waals surface area contributed by atoms with Crippen molar-refractivity contribution >= 4 is 17.1 Å². The van der Waals surface area contributed by atoms with E-state index >= 15 is 0 Å². The van der Waals surface area contributed by atoms with E-state index in [1.54, 1.807) is 0 Å². The van der Waals surface area contributed by atoms with Crippen LogP contribution in [-0.4, -0.2) is 28.3 Å². The molecular weight excluding hydrogens is 224 g/mol. The van der Waals surface area contributed by atoms with Crippen LogP contribution < -0.4 is 4.87 Å². The number of piperidine rings is 1. The fourth-order valence-corrected chi connectivity index (χ4v) is 2.68. The van der Waals surface area contributed by atoms with E-state index in [0.29, 0.717) is 12.2 Å². The molecule has 5 heteroatoms. The van der Waals surface area contributed by atoms with Crippen LogP contribution >= 0.6 is 11.3 Å². The number of thiazole rings is 1. The Morgan fingerprint density at radius 1 is 1.50 bits per heavy atom. The van der Waals surface area contributed by atoms with Gasteiger partial charge in [0.05, 0.1) is 0 Å². The van der Waals surface area contributed by atoms with E-state index < -0.39 is 0 Å². The fourth-order valence-electron chi connectivity index (χ4n) is 2.10. The molecule has 0 aromatic carbocycles. The quantitative estimate of drug-likeness (QED) is 0.846. The SMILES string of the molecule is CC1C(=O)CCN(Cc2csc(=O)[nH]2)C1C. The van der Waals surface area contributed by atoms with Crippen molar-refractivity contribution in [2.45, 2.75) is 32.9 Å². The Hall–Kier alpha value is -0.940. The molecule has 0 aliphatic carbocycles. The molecule has 1 N–H and O–H groups in total. The summed E-state index contributed by atoms with van der Waals surface area (Å²) < 4.78 is 0. The number of carbonyl (C=O) groups is 1. The zero-order valence-electron chi connectivity index (χ0n) is 9.53. The van der Waals surface area contributed by atoms with Gasteiger partial charge in [-0.15, -0.1) is 0 Å². The lowest BCUT2D eigenvalue weighted by atomic mass is 9.91. The van der Waals surface area contributed by atoms with Gasteiger partial charge in [0.25, 0.3) is 0 Å². The van der Waals surface area contributed by atoms with Gasteiger partial charge in [-0.1, -0.05) is 18.3 Å². The first kappa shape index (κ1) is 11.5. The number of Topliss-reactive ketones (excluding diaryl/α,β-unsaturated/α-hetero) is 1. The molecule has 88 valence electrons. The van der Waals surface area contributed by atoms with Crippen molar-refractivity contribution in [1.82, 2.24) is 9.88 Å².